The van der Waals surface area contributed by atoms with Crippen LogP contribution in [0.2, 0.25) is 5.02 Å². The summed E-state index contributed by atoms with van der Waals surface area (Å²) in [5.41, 5.74) is 9.64. The topological polar surface area (TPSA) is 221 Å². The van der Waals surface area contributed by atoms with E-state index in [1.165, 1.54) is 37.3 Å². The molecule has 1 unspecified atom stereocenters. The van der Waals surface area contributed by atoms with E-state index in [0.29, 0.717) is 32.5 Å². The summed E-state index contributed by atoms with van der Waals surface area (Å²) in [7, 11) is -9.26. The van der Waals surface area contributed by atoms with Crippen LogP contribution in [0.25, 0.3) is 10.8 Å². The van der Waals surface area contributed by atoms with E-state index in [9.17, 15) is 35.6 Å². The molecule has 1 atom stereocenters. The van der Waals surface area contributed by atoms with Crippen molar-refractivity contribution in [2.75, 3.05) is 16.5 Å². The van der Waals surface area contributed by atoms with Gasteiger partial charge in [0.2, 0.25) is 0 Å². The lowest BCUT2D eigenvalue weighted by Crippen LogP contribution is -2.21. The van der Waals surface area contributed by atoms with Gasteiger partial charge in [-0.2, -0.15) is 22.3 Å². The highest BCUT2D eigenvalue weighted by atomic mass is 35.5. The van der Waals surface area contributed by atoms with Crippen LogP contribution in [0, 0.1) is 4.91 Å². The summed E-state index contributed by atoms with van der Waals surface area (Å²) >= 11 is 6.20. The van der Waals surface area contributed by atoms with E-state index in [4.69, 9.17) is 17.3 Å². The van der Waals surface area contributed by atoms with Crippen LogP contribution in [-0.4, -0.2) is 48.2 Å². The fourth-order valence-electron chi connectivity index (χ4n) is 4.38. The lowest BCUT2D eigenvalue weighted by molar-refractivity contribution is -0.471. The number of amides is 1. The number of nitrogens with one attached hydrogen (secondary N) is 2. The summed E-state index contributed by atoms with van der Waals surface area (Å²) in [6.45, 7) is 1.46. The van der Waals surface area contributed by atoms with Crippen LogP contribution in [0.3, 0.4) is 0 Å². The van der Waals surface area contributed by atoms with Crippen molar-refractivity contribution in [2.24, 2.45) is 10.1 Å². The van der Waals surface area contributed by atoms with E-state index in [1.54, 1.807) is 24.3 Å². The van der Waals surface area contributed by atoms with Gasteiger partial charge in [-0.15, -0.1) is 0 Å². The van der Waals surface area contributed by atoms with Crippen LogP contribution in [0.4, 0.5) is 17.1 Å². The first-order valence-corrected chi connectivity index (χ1v) is 15.7. The molecule has 0 aromatic heterocycles. The second-order valence-corrected chi connectivity index (χ2v) is 12.8. The number of carbonyl (C=O) groups is 1. The number of carbonyl (C=O) groups excluding carboxylic acids is 1. The summed E-state index contributed by atoms with van der Waals surface area (Å²) < 4.78 is 66.7. The van der Waals surface area contributed by atoms with E-state index in [-0.39, 0.29) is 27.8 Å². The average Bonchev–Trinajstić information content (AvgIpc) is 3.23. The first-order chi connectivity index (χ1) is 20.6. The van der Waals surface area contributed by atoms with Gasteiger partial charge in [0, 0.05) is 32.6 Å². The van der Waals surface area contributed by atoms with Gasteiger partial charge in [-0.1, -0.05) is 22.6 Å². The van der Waals surface area contributed by atoms with Gasteiger partial charge in [0.15, 0.2) is 0 Å². The molecule has 1 amide bonds. The summed E-state index contributed by atoms with van der Waals surface area (Å²) in [6.07, 6.45) is -1.35. The van der Waals surface area contributed by atoms with Gasteiger partial charge in [-0.25, -0.2) is 4.99 Å². The number of nitrogens with two attached hydrogens (primary N) is 1. The first-order valence-electron chi connectivity index (χ1n) is 12.5. The fourth-order valence-corrected chi connectivity index (χ4v) is 5.65. The minimum absolute atomic E-state index is 0.00871. The second kappa shape index (κ2) is 11.4. The monoisotopic (exact) mass is 657 g/mol. The standard InChI is InChI=1S/C27H21ClN6O8S2/c1-14-25(34(36)26(30-14)22-12-19(43(37,38)39)8-9-23(22)28)33-32-24-13-20(44(40,41)42)10-16-4-7-18(11-21(16)24)31-27(35)15-2-5-17(29)6-3-15/h2-13,26H,1H3,(H5-,29,30,31,32,33,35,36,37,38,39,40,41,42)/p+1. The summed E-state index contributed by atoms with van der Waals surface area (Å²) in [5.74, 6) is -0.683. The van der Waals surface area contributed by atoms with Gasteiger partial charge in [-0.05, 0) is 79.0 Å². The van der Waals surface area contributed by atoms with Crippen LogP contribution < -0.4 is 16.5 Å². The molecule has 0 spiro atoms. The predicted octanol–water partition coefficient (Wildman–Crippen LogP) is 4.50. The van der Waals surface area contributed by atoms with Crippen molar-refractivity contribution in [3.63, 3.8) is 0 Å². The number of hydrogen-bond donors (Lipinski definition) is 5. The maximum atomic E-state index is 13.2. The lowest BCUT2D eigenvalue weighted by Gasteiger charge is -2.10. The van der Waals surface area contributed by atoms with Crippen molar-refractivity contribution < 1.29 is 35.5 Å². The molecular formula is C27H22ClN6O8S2+. The van der Waals surface area contributed by atoms with Gasteiger partial charge in [-0.3, -0.25) is 13.9 Å². The highest BCUT2D eigenvalue weighted by molar-refractivity contribution is 7.86. The number of amidine groups is 1. The Bertz CT molecular complexity index is 2150. The second-order valence-electron chi connectivity index (χ2n) is 9.58. The molecule has 0 saturated heterocycles. The number of nitroso groups, excluding NO2 is 1. The number of anilines is 3. The van der Waals surface area contributed by atoms with Gasteiger partial charge >= 0.3 is 5.84 Å². The summed E-state index contributed by atoms with van der Waals surface area (Å²) in [6, 6.07) is 16.4. The Morgan fingerprint density at radius 2 is 1.64 bits per heavy atom. The molecule has 226 valence electrons. The van der Waals surface area contributed by atoms with Crippen LogP contribution in [0.5, 0.6) is 0 Å². The number of benzene rings is 4. The van der Waals surface area contributed by atoms with Crippen molar-refractivity contribution in [1.29, 1.82) is 0 Å². The molecular weight excluding hydrogens is 636 g/mol. The molecule has 1 aliphatic rings. The van der Waals surface area contributed by atoms with Crippen molar-refractivity contribution in [3.05, 3.63) is 93.9 Å². The van der Waals surface area contributed by atoms with E-state index < -0.39 is 42.1 Å². The summed E-state index contributed by atoms with van der Waals surface area (Å²) in [4.78, 5) is 29.3. The smallest absolute Gasteiger partial charge is 0.399 e. The molecule has 0 saturated carbocycles. The molecule has 4 aromatic carbocycles. The highest BCUT2D eigenvalue weighted by Crippen LogP contribution is 2.34. The van der Waals surface area contributed by atoms with E-state index in [1.807, 2.05) is 0 Å². The first kappa shape index (κ1) is 30.7. The minimum atomic E-state index is -4.66. The SMILES string of the molecule is CC1=NC(c2cc(S(=O)(=O)O)ccc2Cl)[N+](=O)C1=NNc1cc(S(=O)(=O)O)cc2ccc(NC(=O)c3ccc(N)cc3)cc12. The average molecular weight is 658 g/mol. The van der Waals surface area contributed by atoms with Crippen LogP contribution >= 0.6 is 11.6 Å². The van der Waals surface area contributed by atoms with Crippen molar-refractivity contribution in [2.45, 2.75) is 22.9 Å². The Morgan fingerprint density at radius 3 is 2.30 bits per heavy atom. The molecule has 6 N–H and O–H groups in total. The third-order valence-corrected chi connectivity index (χ3v) is 8.58. The molecule has 0 bridgehead atoms. The number of aliphatic imine (C=N–C) groups is 1. The zero-order valence-electron chi connectivity index (χ0n) is 22.5. The molecule has 44 heavy (non-hydrogen) atoms. The lowest BCUT2D eigenvalue weighted by atomic mass is 10.1. The van der Waals surface area contributed by atoms with Crippen LogP contribution in [0.15, 0.2) is 92.7 Å². The number of hydrazone groups is 1. The van der Waals surface area contributed by atoms with E-state index >= 15 is 0 Å². The number of halogens is 1. The minimum Gasteiger partial charge on any atom is -0.399 e. The van der Waals surface area contributed by atoms with Gasteiger partial charge in [0.05, 0.1) is 25.6 Å². The third kappa shape index (κ3) is 6.29. The molecule has 1 heterocycles. The number of rotatable bonds is 7. The zero-order chi connectivity index (χ0) is 32.0. The van der Waals surface area contributed by atoms with E-state index in [0.717, 1.165) is 18.2 Å². The van der Waals surface area contributed by atoms with Crippen LogP contribution in [0.1, 0.15) is 29.0 Å². The Balaban J connectivity index is 1.51. The molecule has 17 heteroatoms. The Kier molecular flexibility index (Phi) is 7.96. The maximum Gasteiger partial charge on any atom is 0.409 e. The fraction of sp³-hybridized carbons (Fsp3) is 0.0741. The normalized spacial score (nSPS) is 16.3. The molecule has 14 nitrogen and oxygen atoms in total. The van der Waals surface area contributed by atoms with E-state index in [2.05, 4.69) is 20.8 Å². The van der Waals surface area contributed by atoms with Crippen molar-refractivity contribution >= 4 is 77.1 Å². The number of hydrogen-bond acceptors (Lipinski definition) is 10. The molecule has 1 aliphatic heterocycles. The maximum absolute atomic E-state index is 13.2. The van der Waals surface area contributed by atoms with Crippen molar-refractivity contribution in [1.82, 2.24) is 0 Å². The Labute approximate surface area is 255 Å². The zero-order valence-corrected chi connectivity index (χ0v) is 24.9. The number of nitrogens with zero attached hydrogens (tertiary/aromatic N) is 3. The van der Waals surface area contributed by atoms with Crippen LogP contribution in [-0.2, 0) is 20.2 Å². The highest BCUT2D eigenvalue weighted by Gasteiger charge is 2.40. The Hall–Kier alpha value is -4.74. The third-order valence-electron chi connectivity index (χ3n) is 6.55. The molecule has 5 rings (SSSR count). The van der Waals surface area contributed by atoms with Gasteiger partial charge < -0.3 is 11.1 Å². The van der Waals surface area contributed by atoms with Gasteiger partial charge in [0.25, 0.3) is 32.3 Å². The molecule has 0 fully saturated rings. The van der Waals surface area contributed by atoms with Gasteiger partial charge in [0.1, 0.15) is 5.71 Å². The number of fused-ring (bicyclic) bond motifs is 1. The number of nitrogen functional groups attached to an aromatic ring is 1. The van der Waals surface area contributed by atoms with Crippen molar-refractivity contribution in [3.8, 4) is 0 Å². The summed E-state index contributed by atoms with van der Waals surface area (Å²) in [5, 5.41) is 7.57. The molecule has 4 aromatic rings. The molecule has 0 radical (unpaired) electrons. The predicted molar refractivity (Wildman–Crippen MR) is 164 cm³/mol. The quantitative estimate of drug-likeness (QED) is 0.0810. The molecule has 0 aliphatic carbocycles. The largest absolute Gasteiger partial charge is 0.409 e. The Morgan fingerprint density at radius 1 is 0.955 bits per heavy atom.